The maximum absolute atomic E-state index is 11.9. The van der Waals surface area contributed by atoms with E-state index in [2.05, 4.69) is 12.2 Å². The molecule has 98 valence electrons. The Morgan fingerprint density at radius 2 is 2.12 bits per heavy atom. The largest absolute Gasteiger partial charge is 0.343 e. The minimum absolute atomic E-state index is 0.343. The summed E-state index contributed by atoms with van der Waals surface area (Å²) in [5.41, 5.74) is 0. The van der Waals surface area contributed by atoms with Crippen LogP contribution in [-0.2, 0) is 4.79 Å². The van der Waals surface area contributed by atoms with E-state index in [1.165, 1.54) is 31.4 Å². The van der Waals surface area contributed by atoms with E-state index in [9.17, 15) is 4.79 Å². The number of thioether (sulfide) groups is 1. The maximum atomic E-state index is 11.9. The van der Waals surface area contributed by atoms with Crippen LogP contribution >= 0.6 is 11.8 Å². The average Bonchev–Trinajstić information content (AvgIpc) is 2.76. The van der Waals surface area contributed by atoms with Gasteiger partial charge in [-0.25, -0.2) is 0 Å². The topological polar surface area (TPSA) is 32.3 Å². The molecule has 2 fully saturated rings. The van der Waals surface area contributed by atoms with Gasteiger partial charge in [0.15, 0.2) is 0 Å². The lowest BCUT2D eigenvalue weighted by Crippen LogP contribution is -2.38. The Balaban J connectivity index is 1.59. The second kappa shape index (κ2) is 6.64. The molecule has 0 aromatic heterocycles. The van der Waals surface area contributed by atoms with Crippen molar-refractivity contribution in [2.45, 2.75) is 50.3 Å². The fraction of sp³-hybridized carbons (Fsp3) is 0.923. The fourth-order valence-electron chi connectivity index (χ4n) is 2.64. The van der Waals surface area contributed by atoms with Crippen LogP contribution in [0, 0.1) is 0 Å². The van der Waals surface area contributed by atoms with E-state index >= 15 is 0 Å². The zero-order chi connectivity index (χ0) is 12.1. The summed E-state index contributed by atoms with van der Waals surface area (Å²) < 4.78 is 0. The van der Waals surface area contributed by atoms with Crippen LogP contribution in [0.25, 0.3) is 0 Å². The number of amides is 1. The highest BCUT2D eigenvalue weighted by atomic mass is 32.2. The van der Waals surface area contributed by atoms with Gasteiger partial charge in [-0.15, -0.1) is 0 Å². The van der Waals surface area contributed by atoms with Crippen molar-refractivity contribution in [2.24, 2.45) is 0 Å². The van der Waals surface area contributed by atoms with E-state index in [-0.39, 0.29) is 0 Å². The van der Waals surface area contributed by atoms with E-state index in [4.69, 9.17) is 0 Å². The normalized spacial score (nSPS) is 29.6. The Morgan fingerprint density at radius 1 is 1.35 bits per heavy atom. The number of hydrogen-bond donors (Lipinski definition) is 1. The zero-order valence-corrected chi connectivity index (χ0v) is 11.6. The van der Waals surface area contributed by atoms with E-state index in [0.29, 0.717) is 18.4 Å². The highest BCUT2D eigenvalue weighted by Gasteiger charge is 2.22. The van der Waals surface area contributed by atoms with Gasteiger partial charge in [-0.05, 0) is 25.7 Å². The summed E-state index contributed by atoms with van der Waals surface area (Å²) in [4.78, 5) is 14.0. The number of likely N-dealkylation sites (tertiary alicyclic amines) is 1. The number of carbonyl (C=O) groups is 1. The van der Waals surface area contributed by atoms with Crippen LogP contribution in [0.2, 0.25) is 0 Å². The Labute approximate surface area is 109 Å². The zero-order valence-electron chi connectivity index (χ0n) is 10.8. The van der Waals surface area contributed by atoms with Gasteiger partial charge in [-0.3, -0.25) is 4.79 Å². The highest BCUT2D eigenvalue weighted by molar-refractivity contribution is 8.00. The molecule has 0 bridgehead atoms. The number of carbonyl (C=O) groups excluding carboxylic acids is 1. The highest BCUT2D eigenvalue weighted by Crippen LogP contribution is 2.25. The molecule has 2 aliphatic heterocycles. The van der Waals surface area contributed by atoms with Gasteiger partial charge in [0.2, 0.25) is 5.91 Å². The van der Waals surface area contributed by atoms with E-state index < -0.39 is 0 Å². The SMILES string of the molecule is CC1CC(NCCC(=O)N2CCCCC2)CS1. The molecule has 3 nitrogen and oxygen atoms in total. The van der Waals surface area contributed by atoms with Gasteiger partial charge in [0, 0.05) is 43.1 Å². The maximum Gasteiger partial charge on any atom is 0.223 e. The van der Waals surface area contributed by atoms with Crippen LogP contribution in [0.4, 0.5) is 0 Å². The first-order valence-electron chi connectivity index (χ1n) is 6.88. The Hall–Kier alpha value is -0.220. The number of hydrogen-bond acceptors (Lipinski definition) is 3. The van der Waals surface area contributed by atoms with Gasteiger partial charge in [0.05, 0.1) is 0 Å². The Bertz CT molecular complexity index is 254. The smallest absolute Gasteiger partial charge is 0.223 e. The molecule has 0 spiro atoms. The molecule has 0 radical (unpaired) electrons. The van der Waals surface area contributed by atoms with E-state index in [1.807, 2.05) is 16.7 Å². The lowest BCUT2D eigenvalue weighted by Gasteiger charge is -2.27. The number of rotatable bonds is 4. The molecule has 2 atom stereocenters. The van der Waals surface area contributed by atoms with Crippen LogP contribution in [0.5, 0.6) is 0 Å². The molecule has 2 unspecified atom stereocenters. The summed E-state index contributed by atoms with van der Waals surface area (Å²) in [6.45, 7) is 5.10. The van der Waals surface area contributed by atoms with Crippen molar-refractivity contribution in [2.75, 3.05) is 25.4 Å². The van der Waals surface area contributed by atoms with Gasteiger partial charge in [-0.2, -0.15) is 11.8 Å². The molecule has 2 heterocycles. The molecule has 0 saturated carbocycles. The van der Waals surface area contributed by atoms with Crippen LogP contribution in [0.15, 0.2) is 0 Å². The third kappa shape index (κ3) is 4.18. The van der Waals surface area contributed by atoms with E-state index in [0.717, 1.165) is 24.9 Å². The molecule has 1 amide bonds. The minimum Gasteiger partial charge on any atom is -0.343 e. The van der Waals surface area contributed by atoms with Crippen molar-refractivity contribution in [3.63, 3.8) is 0 Å². The summed E-state index contributed by atoms with van der Waals surface area (Å²) in [7, 11) is 0. The first kappa shape index (κ1) is 13.2. The van der Waals surface area contributed by atoms with Gasteiger partial charge in [0.1, 0.15) is 0 Å². The minimum atomic E-state index is 0.343. The van der Waals surface area contributed by atoms with E-state index in [1.54, 1.807) is 0 Å². The molecule has 0 aromatic carbocycles. The molecule has 0 aromatic rings. The summed E-state index contributed by atoms with van der Waals surface area (Å²) >= 11 is 2.03. The third-order valence-electron chi connectivity index (χ3n) is 3.68. The van der Waals surface area contributed by atoms with Crippen molar-refractivity contribution in [3.8, 4) is 0 Å². The molecule has 1 N–H and O–H groups in total. The van der Waals surface area contributed by atoms with Crippen molar-refractivity contribution >= 4 is 17.7 Å². The fourth-order valence-corrected chi connectivity index (χ4v) is 3.83. The molecule has 4 heteroatoms. The first-order valence-corrected chi connectivity index (χ1v) is 7.93. The van der Waals surface area contributed by atoms with Crippen LogP contribution in [0.3, 0.4) is 0 Å². The van der Waals surface area contributed by atoms with Crippen LogP contribution < -0.4 is 5.32 Å². The quantitative estimate of drug-likeness (QED) is 0.833. The molecule has 2 rings (SSSR count). The van der Waals surface area contributed by atoms with Gasteiger partial charge in [0.25, 0.3) is 0 Å². The average molecular weight is 256 g/mol. The Kier molecular flexibility index (Phi) is 5.16. The summed E-state index contributed by atoms with van der Waals surface area (Å²) in [6, 6.07) is 0.629. The number of nitrogens with one attached hydrogen (secondary N) is 1. The van der Waals surface area contributed by atoms with Gasteiger partial charge < -0.3 is 10.2 Å². The predicted octanol–water partition coefficient (Wildman–Crippen LogP) is 1.87. The van der Waals surface area contributed by atoms with Gasteiger partial charge >= 0.3 is 0 Å². The number of piperidine rings is 1. The van der Waals surface area contributed by atoms with Crippen molar-refractivity contribution in [1.82, 2.24) is 10.2 Å². The van der Waals surface area contributed by atoms with Gasteiger partial charge in [-0.1, -0.05) is 6.92 Å². The lowest BCUT2D eigenvalue weighted by atomic mass is 10.1. The first-order chi connectivity index (χ1) is 8.25. The molecule has 17 heavy (non-hydrogen) atoms. The predicted molar refractivity (Wildman–Crippen MR) is 73.4 cm³/mol. The molecule has 2 saturated heterocycles. The van der Waals surface area contributed by atoms with Crippen molar-refractivity contribution in [1.29, 1.82) is 0 Å². The second-order valence-corrected chi connectivity index (χ2v) is 6.69. The Morgan fingerprint density at radius 3 is 2.76 bits per heavy atom. The van der Waals surface area contributed by atoms with Crippen molar-refractivity contribution in [3.05, 3.63) is 0 Å². The molecular weight excluding hydrogens is 232 g/mol. The van der Waals surface area contributed by atoms with Crippen molar-refractivity contribution < 1.29 is 4.79 Å². The molecule has 2 aliphatic rings. The monoisotopic (exact) mass is 256 g/mol. The summed E-state index contributed by atoms with van der Waals surface area (Å²) in [6.07, 6.45) is 5.60. The van der Waals surface area contributed by atoms with Crippen LogP contribution in [-0.4, -0.2) is 47.5 Å². The molecule has 0 aliphatic carbocycles. The second-order valence-electron chi connectivity index (χ2n) is 5.22. The standard InChI is InChI=1S/C13H24N2OS/c1-11-9-12(10-17-11)14-6-5-13(16)15-7-3-2-4-8-15/h11-12,14H,2-10H2,1H3. The molecular formula is C13H24N2OS. The summed E-state index contributed by atoms with van der Waals surface area (Å²) in [5.74, 6) is 1.55. The third-order valence-corrected chi connectivity index (χ3v) is 5.04. The number of nitrogens with zero attached hydrogens (tertiary/aromatic N) is 1. The lowest BCUT2D eigenvalue weighted by molar-refractivity contribution is -0.131. The summed E-state index contributed by atoms with van der Waals surface area (Å²) in [5, 5.41) is 4.30. The van der Waals surface area contributed by atoms with Crippen LogP contribution in [0.1, 0.15) is 39.0 Å².